The van der Waals surface area contributed by atoms with E-state index in [-0.39, 0.29) is 11.7 Å². The SMILES string of the molecule is Cc1nn(CCCNC(=O)c2ccc(Cn3nc(C)c(Cl)c3C)o2)c(C)c1Cl. The molecule has 0 aliphatic carbocycles. The maximum Gasteiger partial charge on any atom is 0.286 e. The molecule has 0 fully saturated rings. The number of nitrogens with zero attached hydrogens (tertiary/aromatic N) is 4. The van der Waals surface area contributed by atoms with Crippen molar-refractivity contribution in [1.82, 2.24) is 24.9 Å². The highest BCUT2D eigenvalue weighted by Crippen LogP contribution is 2.21. The number of nitrogens with one attached hydrogen (secondary N) is 1. The zero-order valence-electron chi connectivity index (χ0n) is 16.3. The van der Waals surface area contributed by atoms with Crippen LogP contribution in [0.2, 0.25) is 10.0 Å². The molecule has 28 heavy (non-hydrogen) atoms. The van der Waals surface area contributed by atoms with Gasteiger partial charge in [-0.15, -0.1) is 0 Å². The quantitative estimate of drug-likeness (QED) is 0.580. The first-order valence-electron chi connectivity index (χ1n) is 9.04. The lowest BCUT2D eigenvalue weighted by Gasteiger charge is -2.06. The van der Waals surface area contributed by atoms with Gasteiger partial charge in [-0.1, -0.05) is 23.2 Å². The molecular weight excluding hydrogens is 401 g/mol. The Labute approximate surface area is 173 Å². The summed E-state index contributed by atoms with van der Waals surface area (Å²) in [5.74, 6) is 0.672. The van der Waals surface area contributed by atoms with E-state index >= 15 is 0 Å². The molecule has 0 saturated carbocycles. The van der Waals surface area contributed by atoms with Gasteiger partial charge in [0.15, 0.2) is 5.76 Å². The van der Waals surface area contributed by atoms with E-state index in [1.807, 2.05) is 32.4 Å². The molecule has 0 unspecified atom stereocenters. The lowest BCUT2D eigenvalue weighted by Crippen LogP contribution is -2.25. The van der Waals surface area contributed by atoms with E-state index in [1.54, 1.807) is 16.8 Å². The molecule has 0 atom stereocenters. The Morgan fingerprint density at radius 3 is 2.21 bits per heavy atom. The summed E-state index contributed by atoms with van der Waals surface area (Å²) in [4.78, 5) is 12.3. The fourth-order valence-electron chi connectivity index (χ4n) is 2.97. The van der Waals surface area contributed by atoms with Crippen molar-refractivity contribution in [2.45, 2.75) is 47.2 Å². The highest BCUT2D eigenvalue weighted by Gasteiger charge is 2.14. The standard InChI is InChI=1S/C19H23Cl2N5O2/c1-11-17(20)13(3)25(23-11)9-5-8-22-19(27)16-7-6-15(28-16)10-26-14(4)18(21)12(2)24-26/h6-7H,5,8-10H2,1-4H3,(H,22,27). The first-order chi connectivity index (χ1) is 13.3. The summed E-state index contributed by atoms with van der Waals surface area (Å²) in [5.41, 5.74) is 3.39. The molecule has 1 amide bonds. The Kier molecular flexibility index (Phi) is 6.15. The maximum absolute atomic E-state index is 12.3. The first-order valence-corrected chi connectivity index (χ1v) is 9.79. The van der Waals surface area contributed by atoms with Crippen molar-refractivity contribution in [1.29, 1.82) is 0 Å². The van der Waals surface area contributed by atoms with E-state index in [9.17, 15) is 4.79 Å². The molecule has 3 aromatic heterocycles. The number of rotatable bonds is 7. The highest BCUT2D eigenvalue weighted by atomic mass is 35.5. The summed E-state index contributed by atoms with van der Waals surface area (Å²) in [7, 11) is 0. The van der Waals surface area contributed by atoms with Crippen molar-refractivity contribution in [2.75, 3.05) is 6.54 Å². The van der Waals surface area contributed by atoms with E-state index < -0.39 is 0 Å². The summed E-state index contributed by atoms with van der Waals surface area (Å²) in [6.45, 7) is 9.18. The van der Waals surface area contributed by atoms with Crippen LogP contribution in [0.25, 0.3) is 0 Å². The number of furan rings is 1. The van der Waals surface area contributed by atoms with Crippen molar-refractivity contribution in [3.8, 4) is 0 Å². The van der Waals surface area contributed by atoms with Gasteiger partial charge in [0, 0.05) is 13.1 Å². The van der Waals surface area contributed by atoms with Crippen molar-refractivity contribution >= 4 is 29.1 Å². The van der Waals surface area contributed by atoms with Crippen molar-refractivity contribution < 1.29 is 9.21 Å². The minimum absolute atomic E-state index is 0.246. The van der Waals surface area contributed by atoms with Crippen LogP contribution in [0.5, 0.6) is 0 Å². The molecule has 3 aromatic rings. The van der Waals surface area contributed by atoms with E-state index in [2.05, 4.69) is 15.5 Å². The van der Waals surface area contributed by atoms with Gasteiger partial charge in [-0.05, 0) is 46.2 Å². The minimum atomic E-state index is -0.246. The monoisotopic (exact) mass is 423 g/mol. The molecule has 0 aromatic carbocycles. The van der Waals surface area contributed by atoms with Gasteiger partial charge in [0.2, 0.25) is 0 Å². The van der Waals surface area contributed by atoms with Crippen LogP contribution < -0.4 is 5.32 Å². The molecule has 1 N–H and O–H groups in total. The Balaban J connectivity index is 1.51. The van der Waals surface area contributed by atoms with Crippen molar-refractivity contribution in [3.05, 3.63) is 56.5 Å². The van der Waals surface area contributed by atoms with Gasteiger partial charge in [0.25, 0.3) is 5.91 Å². The Bertz CT molecular complexity index is 1000. The van der Waals surface area contributed by atoms with Gasteiger partial charge in [-0.2, -0.15) is 10.2 Å². The summed E-state index contributed by atoms with van der Waals surface area (Å²) < 4.78 is 9.27. The van der Waals surface area contributed by atoms with Gasteiger partial charge in [-0.25, -0.2) is 0 Å². The van der Waals surface area contributed by atoms with Crippen LogP contribution in [0.4, 0.5) is 0 Å². The lowest BCUT2D eigenvalue weighted by atomic mass is 10.3. The molecule has 0 radical (unpaired) electrons. The fraction of sp³-hybridized carbons (Fsp3) is 0.421. The Morgan fingerprint density at radius 1 is 1.04 bits per heavy atom. The number of amides is 1. The van der Waals surface area contributed by atoms with E-state index in [0.717, 1.165) is 29.2 Å². The molecule has 9 heteroatoms. The molecule has 0 aliphatic heterocycles. The number of carbonyl (C=O) groups is 1. The van der Waals surface area contributed by atoms with E-state index in [1.165, 1.54) is 0 Å². The predicted octanol–water partition coefficient (Wildman–Crippen LogP) is 4.08. The number of aryl methyl sites for hydroxylation is 3. The Hall–Kier alpha value is -2.25. The number of hydrogen-bond donors (Lipinski definition) is 1. The summed E-state index contributed by atoms with van der Waals surface area (Å²) in [6, 6.07) is 3.44. The normalized spacial score (nSPS) is 11.2. The summed E-state index contributed by atoms with van der Waals surface area (Å²) >= 11 is 12.3. The van der Waals surface area contributed by atoms with Crippen LogP contribution in [0.3, 0.4) is 0 Å². The van der Waals surface area contributed by atoms with Gasteiger partial charge in [0.05, 0.1) is 39.4 Å². The van der Waals surface area contributed by atoms with Crippen molar-refractivity contribution in [2.24, 2.45) is 0 Å². The number of carbonyl (C=O) groups excluding carboxylic acids is 1. The van der Waals surface area contributed by atoms with Gasteiger partial charge < -0.3 is 9.73 Å². The predicted molar refractivity (Wildman–Crippen MR) is 108 cm³/mol. The van der Waals surface area contributed by atoms with Crippen molar-refractivity contribution in [3.63, 3.8) is 0 Å². The maximum atomic E-state index is 12.3. The molecule has 3 rings (SSSR count). The average molecular weight is 424 g/mol. The largest absolute Gasteiger partial charge is 0.454 e. The summed E-state index contributed by atoms with van der Waals surface area (Å²) in [6.07, 6.45) is 0.738. The molecule has 0 bridgehead atoms. The summed E-state index contributed by atoms with van der Waals surface area (Å²) in [5, 5.41) is 12.9. The third kappa shape index (κ3) is 4.25. The zero-order valence-corrected chi connectivity index (χ0v) is 17.9. The first kappa shape index (κ1) is 20.5. The smallest absolute Gasteiger partial charge is 0.286 e. The van der Waals surface area contributed by atoms with Crippen LogP contribution in [-0.4, -0.2) is 32.0 Å². The molecule has 0 saturated heterocycles. The second kappa shape index (κ2) is 8.41. The third-order valence-corrected chi connectivity index (χ3v) is 5.70. The number of hydrogen-bond acceptors (Lipinski definition) is 4. The van der Waals surface area contributed by atoms with Gasteiger partial charge >= 0.3 is 0 Å². The molecule has 150 valence electrons. The second-order valence-corrected chi connectivity index (χ2v) is 7.48. The van der Waals surface area contributed by atoms with Gasteiger partial charge in [-0.3, -0.25) is 14.2 Å². The van der Waals surface area contributed by atoms with Crippen LogP contribution in [0.15, 0.2) is 16.5 Å². The molecule has 0 spiro atoms. The average Bonchev–Trinajstić information content (AvgIpc) is 3.30. The molecule has 3 heterocycles. The van der Waals surface area contributed by atoms with Gasteiger partial charge in [0.1, 0.15) is 5.76 Å². The topological polar surface area (TPSA) is 77.9 Å². The molecule has 7 nitrogen and oxygen atoms in total. The molecular formula is C19H23Cl2N5O2. The number of aromatic nitrogens is 4. The Morgan fingerprint density at radius 2 is 1.64 bits per heavy atom. The van der Waals surface area contributed by atoms with E-state index in [0.29, 0.717) is 35.4 Å². The van der Waals surface area contributed by atoms with E-state index in [4.69, 9.17) is 27.6 Å². The minimum Gasteiger partial charge on any atom is -0.454 e. The fourth-order valence-corrected chi connectivity index (χ4v) is 3.24. The number of halogens is 2. The van der Waals surface area contributed by atoms with Crippen LogP contribution in [-0.2, 0) is 13.1 Å². The zero-order chi connectivity index (χ0) is 20.4. The third-order valence-electron chi connectivity index (χ3n) is 4.61. The van der Waals surface area contributed by atoms with Crippen LogP contribution in [0.1, 0.15) is 45.5 Å². The van der Waals surface area contributed by atoms with Crippen LogP contribution >= 0.6 is 23.2 Å². The molecule has 0 aliphatic rings. The highest BCUT2D eigenvalue weighted by molar-refractivity contribution is 6.32. The van der Waals surface area contributed by atoms with Crippen LogP contribution in [0, 0.1) is 27.7 Å². The lowest BCUT2D eigenvalue weighted by molar-refractivity contribution is 0.0923. The second-order valence-electron chi connectivity index (χ2n) is 6.73.